The standard InChI is InChI=1S/C29H30N6O3/c1-33-15-17-34(18-16-33)24-11-9-23(10-12-24)28(36)30-27-19-26(31-32-27)22-7-13-25(14-8-22)35(29(37)38)20-21-5-3-2-4-6-21/h2-14,19H,15-18,20H2,1H3,(H,37,38)(H2,30,31,32,36). The van der Waals surface area contributed by atoms with Crippen LogP contribution in [0.3, 0.4) is 0 Å². The number of anilines is 3. The van der Waals surface area contributed by atoms with Gasteiger partial charge in [-0.15, -0.1) is 0 Å². The molecule has 0 bridgehead atoms. The highest BCUT2D eigenvalue weighted by atomic mass is 16.4. The number of hydrogen-bond donors (Lipinski definition) is 3. The van der Waals surface area contributed by atoms with Crippen molar-refractivity contribution in [1.29, 1.82) is 0 Å². The van der Waals surface area contributed by atoms with E-state index < -0.39 is 6.09 Å². The maximum absolute atomic E-state index is 12.8. The maximum atomic E-state index is 12.8. The quantitative estimate of drug-likeness (QED) is 0.331. The van der Waals surface area contributed by atoms with E-state index in [9.17, 15) is 14.7 Å². The lowest BCUT2D eigenvalue weighted by Crippen LogP contribution is -2.44. The molecule has 9 heteroatoms. The van der Waals surface area contributed by atoms with E-state index >= 15 is 0 Å². The van der Waals surface area contributed by atoms with E-state index in [-0.39, 0.29) is 12.5 Å². The Labute approximate surface area is 221 Å². The van der Waals surface area contributed by atoms with Gasteiger partial charge in [0.15, 0.2) is 5.82 Å². The van der Waals surface area contributed by atoms with Gasteiger partial charge in [-0.05, 0) is 54.6 Å². The number of piperazine rings is 1. The largest absolute Gasteiger partial charge is 0.465 e. The zero-order chi connectivity index (χ0) is 26.5. The van der Waals surface area contributed by atoms with Crippen molar-refractivity contribution in [3.8, 4) is 11.3 Å². The molecule has 1 aliphatic heterocycles. The van der Waals surface area contributed by atoms with Crippen LogP contribution in [0.25, 0.3) is 11.3 Å². The lowest BCUT2D eigenvalue weighted by molar-refractivity contribution is 0.102. The fourth-order valence-electron chi connectivity index (χ4n) is 4.47. The van der Waals surface area contributed by atoms with E-state index in [1.165, 1.54) is 4.90 Å². The summed E-state index contributed by atoms with van der Waals surface area (Å²) < 4.78 is 0. The van der Waals surface area contributed by atoms with Gasteiger partial charge in [-0.1, -0.05) is 42.5 Å². The topological polar surface area (TPSA) is 105 Å². The molecule has 0 atom stereocenters. The molecular weight excluding hydrogens is 480 g/mol. The highest BCUT2D eigenvalue weighted by Crippen LogP contribution is 2.25. The lowest BCUT2D eigenvalue weighted by Gasteiger charge is -2.34. The number of carboxylic acid groups (broad SMARTS) is 1. The van der Waals surface area contributed by atoms with Gasteiger partial charge in [0.25, 0.3) is 5.91 Å². The molecule has 5 rings (SSSR count). The van der Waals surface area contributed by atoms with Crippen LogP contribution in [0.1, 0.15) is 15.9 Å². The maximum Gasteiger partial charge on any atom is 0.412 e. The van der Waals surface area contributed by atoms with Crippen molar-refractivity contribution < 1.29 is 14.7 Å². The van der Waals surface area contributed by atoms with E-state index in [4.69, 9.17) is 0 Å². The number of hydrogen-bond acceptors (Lipinski definition) is 5. The number of H-pyrrole nitrogens is 1. The Bertz CT molecular complexity index is 1380. The molecule has 1 saturated heterocycles. The fourth-order valence-corrected chi connectivity index (χ4v) is 4.47. The monoisotopic (exact) mass is 510 g/mol. The predicted molar refractivity (Wildman–Crippen MR) is 149 cm³/mol. The van der Waals surface area contributed by atoms with Gasteiger partial charge < -0.3 is 20.2 Å². The second-order valence-corrected chi connectivity index (χ2v) is 9.36. The van der Waals surface area contributed by atoms with E-state index in [2.05, 4.69) is 32.4 Å². The first kappa shape index (κ1) is 25.0. The van der Waals surface area contributed by atoms with Gasteiger partial charge in [0.1, 0.15) is 0 Å². The molecular formula is C29H30N6O3. The summed E-state index contributed by atoms with van der Waals surface area (Å²) in [5.41, 5.74) is 4.68. The molecule has 0 spiro atoms. The second-order valence-electron chi connectivity index (χ2n) is 9.36. The van der Waals surface area contributed by atoms with Crippen LogP contribution >= 0.6 is 0 Å². The van der Waals surface area contributed by atoms with Crippen LogP contribution in [0.4, 0.5) is 22.0 Å². The van der Waals surface area contributed by atoms with Crippen LogP contribution in [0, 0.1) is 0 Å². The van der Waals surface area contributed by atoms with Gasteiger partial charge in [0.05, 0.1) is 12.2 Å². The van der Waals surface area contributed by atoms with Crippen LogP contribution < -0.4 is 15.1 Å². The minimum atomic E-state index is -1.02. The number of nitrogens with one attached hydrogen (secondary N) is 2. The first-order valence-electron chi connectivity index (χ1n) is 12.5. The minimum Gasteiger partial charge on any atom is -0.465 e. The summed E-state index contributed by atoms with van der Waals surface area (Å²) >= 11 is 0. The molecule has 2 amide bonds. The molecule has 194 valence electrons. The first-order chi connectivity index (χ1) is 18.5. The molecule has 4 aromatic rings. The van der Waals surface area contributed by atoms with Crippen molar-refractivity contribution in [3.63, 3.8) is 0 Å². The second kappa shape index (κ2) is 11.2. The van der Waals surface area contributed by atoms with Gasteiger partial charge in [-0.2, -0.15) is 5.10 Å². The van der Waals surface area contributed by atoms with E-state index in [0.717, 1.165) is 43.0 Å². The zero-order valence-corrected chi connectivity index (χ0v) is 21.2. The summed E-state index contributed by atoms with van der Waals surface area (Å²) in [6.07, 6.45) is -1.02. The van der Waals surface area contributed by atoms with Gasteiger partial charge in [-0.3, -0.25) is 14.8 Å². The van der Waals surface area contributed by atoms with Gasteiger partial charge in [-0.25, -0.2) is 4.79 Å². The summed E-state index contributed by atoms with van der Waals surface area (Å²) in [4.78, 5) is 30.6. The van der Waals surface area contributed by atoms with Gasteiger partial charge in [0, 0.05) is 49.2 Å². The van der Waals surface area contributed by atoms with Crippen molar-refractivity contribution in [2.24, 2.45) is 0 Å². The number of carbonyl (C=O) groups is 2. The predicted octanol–water partition coefficient (Wildman–Crippen LogP) is 4.77. The molecule has 1 aliphatic rings. The number of likely N-dealkylation sites (N-methyl/N-ethyl adjacent to an activating group) is 1. The minimum absolute atomic E-state index is 0.235. The molecule has 3 N–H and O–H groups in total. The molecule has 3 aromatic carbocycles. The normalized spacial score (nSPS) is 13.8. The summed E-state index contributed by atoms with van der Waals surface area (Å²) in [5.74, 6) is 0.176. The molecule has 38 heavy (non-hydrogen) atoms. The van der Waals surface area contributed by atoms with Crippen LogP contribution in [0.15, 0.2) is 84.9 Å². The van der Waals surface area contributed by atoms with Crippen LogP contribution in [0.2, 0.25) is 0 Å². The summed E-state index contributed by atoms with van der Waals surface area (Å²) in [6.45, 7) is 4.25. The SMILES string of the molecule is CN1CCN(c2ccc(C(=O)Nc3cc(-c4ccc(N(Cc5ccccc5)C(=O)O)cc4)[nH]n3)cc2)CC1. The molecule has 1 fully saturated rings. The van der Waals surface area contributed by atoms with Crippen LogP contribution in [-0.4, -0.2) is 65.4 Å². The molecule has 1 aromatic heterocycles. The Hall–Kier alpha value is -4.63. The number of amides is 2. The highest BCUT2D eigenvalue weighted by molar-refractivity contribution is 6.04. The Balaban J connectivity index is 1.22. The highest BCUT2D eigenvalue weighted by Gasteiger charge is 2.17. The Kier molecular flexibility index (Phi) is 7.37. The van der Waals surface area contributed by atoms with Gasteiger partial charge >= 0.3 is 6.09 Å². The first-order valence-corrected chi connectivity index (χ1v) is 12.5. The number of rotatable bonds is 7. The van der Waals surface area contributed by atoms with Crippen molar-refractivity contribution >= 4 is 29.2 Å². The number of aromatic nitrogens is 2. The molecule has 0 aliphatic carbocycles. The molecule has 0 unspecified atom stereocenters. The number of aromatic amines is 1. The molecule has 9 nitrogen and oxygen atoms in total. The van der Waals surface area contributed by atoms with Crippen LogP contribution in [-0.2, 0) is 6.54 Å². The number of carbonyl (C=O) groups excluding carboxylic acids is 1. The number of nitrogens with zero attached hydrogens (tertiary/aromatic N) is 4. The lowest BCUT2D eigenvalue weighted by atomic mass is 10.1. The van der Waals surface area contributed by atoms with Crippen molar-refractivity contribution in [3.05, 3.63) is 96.1 Å². The third-order valence-electron chi connectivity index (χ3n) is 6.72. The fraction of sp³-hybridized carbons (Fsp3) is 0.207. The van der Waals surface area contributed by atoms with Crippen molar-refractivity contribution in [2.45, 2.75) is 6.54 Å². The van der Waals surface area contributed by atoms with Gasteiger partial charge in [0.2, 0.25) is 0 Å². The van der Waals surface area contributed by atoms with E-state index in [1.807, 2.05) is 66.7 Å². The summed E-state index contributed by atoms with van der Waals surface area (Å²) in [5, 5.41) is 19.7. The Morgan fingerprint density at radius 2 is 1.63 bits per heavy atom. The summed E-state index contributed by atoms with van der Waals surface area (Å²) in [6, 6.07) is 26.0. The van der Waals surface area contributed by atoms with Crippen molar-refractivity contribution in [2.75, 3.05) is 48.3 Å². The molecule has 0 saturated carbocycles. The molecule has 2 heterocycles. The third-order valence-corrected chi connectivity index (χ3v) is 6.72. The summed E-state index contributed by atoms with van der Waals surface area (Å²) in [7, 11) is 2.13. The Morgan fingerprint density at radius 3 is 2.29 bits per heavy atom. The number of benzene rings is 3. The van der Waals surface area contributed by atoms with E-state index in [1.54, 1.807) is 18.2 Å². The average molecular weight is 511 g/mol. The van der Waals surface area contributed by atoms with Crippen molar-refractivity contribution in [1.82, 2.24) is 15.1 Å². The Morgan fingerprint density at radius 1 is 0.947 bits per heavy atom. The van der Waals surface area contributed by atoms with Crippen LogP contribution in [0.5, 0.6) is 0 Å². The zero-order valence-electron chi connectivity index (χ0n) is 21.2. The average Bonchev–Trinajstić information content (AvgIpc) is 3.41. The third kappa shape index (κ3) is 5.84. The smallest absolute Gasteiger partial charge is 0.412 e. The molecule has 0 radical (unpaired) electrons. The van der Waals surface area contributed by atoms with E-state index in [0.29, 0.717) is 22.8 Å².